The minimum Gasteiger partial charge on any atom is -0.485 e. The Hall–Kier alpha value is -1.17. The molecule has 18 heavy (non-hydrogen) atoms. The van der Waals surface area contributed by atoms with Gasteiger partial charge in [-0.3, -0.25) is 0 Å². The van der Waals surface area contributed by atoms with Crippen LogP contribution in [0.25, 0.3) is 0 Å². The van der Waals surface area contributed by atoms with Crippen molar-refractivity contribution >= 4 is 40.1 Å². The normalized spacial score (nSPS) is 10.3. The van der Waals surface area contributed by atoms with Gasteiger partial charge in [0.1, 0.15) is 22.4 Å². The molecular weight excluding hydrogens is 288 g/mol. The molecule has 0 bridgehead atoms. The van der Waals surface area contributed by atoms with Crippen molar-refractivity contribution in [2.24, 2.45) is 5.73 Å². The number of aromatic nitrogens is 1. The summed E-state index contributed by atoms with van der Waals surface area (Å²) in [6.07, 6.45) is 0. The van der Waals surface area contributed by atoms with Crippen molar-refractivity contribution in [3.63, 3.8) is 0 Å². The van der Waals surface area contributed by atoms with Crippen LogP contribution in [0, 0.1) is 6.92 Å². The van der Waals surface area contributed by atoms with E-state index in [1.54, 1.807) is 29.5 Å². The molecule has 2 N–H and O–H groups in total. The molecule has 3 nitrogen and oxygen atoms in total. The number of hydrogen-bond donors (Lipinski definition) is 1. The second-order valence-corrected chi connectivity index (χ2v) is 5.47. The van der Waals surface area contributed by atoms with Gasteiger partial charge < -0.3 is 10.5 Å². The summed E-state index contributed by atoms with van der Waals surface area (Å²) >= 11 is 12.5. The van der Waals surface area contributed by atoms with Crippen LogP contribution in [-0.2, 0) is 6.61 Å². The fourth-order valence-corrected chi connectivity index (χ4v) is 2.42. The second kappa shape index (κ2) is 5.65. The molecule has 0 saturated carbocycles. The highest BCUT2D eigenvalue weighted by atomic mass is 35.5. The number of halogens is 1. The number of nitrogens with two attached hydrogens (primary N) is 1. The van der Waals surface area contributed by atoms with Crippen molar-refractivity contribution in [1.82, 2.24) is 4.98 Å². The Labute approximate surface area is 120 Å². The Morgan fingerprint density at radius 2 is 2.33 bits per heavy atom. The predicted octanol–water partition coefficient (Wildman–Crippen LogP) is 3.32. The van der Waals surface area contributed by atoms with Crippen LogP contribution in [0.1, 0.15) is 16.3 Å². The summed E-state index contributed by atoms with van der Waals surface area (Å²) < 4.78 is 5.60. The second-order valence-electron chi connectivity index (χ2n) is 3.68. The molecule has 0 aliphatic carbocycles. The summed E-state index contributed by atoms with van der Waals surface area (Å²) in [5, 5.41) is 3.39. The molecule has 0 amide bonds. The SMILES string of the molecule is Cc1csc(COc2ccc(C(N)=S)cc2Cl)n1. The molecule has 6 heteroatoms. The third-order valence-corrected chi connectivity index (χ3v) is 3.71. The van der Waals surface area contributed by atoms with E-state index in [9.17, 15) is 0 Å². The van der Waals surface area contributed by atoms with Crippen molar-refractivity contribution in [3.8, 4) is 5.75 Å². The summed E-state index contributed by atoms with van der Waals surface area (Å²) in [6, 6.07) is 5.25. The van der Waals surface area contributed by atoms with E-state index >= 15 is 0 Å². The van der Waals surface area contributed by atoms with Crippen LogP contribution in [0.5, 0.6) is 5.75 Å². The maximum absolute atomic E-state index is 6.09. The maximum atomic E-state index is 6.09. The number of thiocarbonyl (C=S) groups is 1. The molecule has 0 aliphatic heterocycles. The minimum atomic E-state index is 0.319. The number of nitrogens with zero attached hydrogens (tertiary/aromatic N) is 1. The Morgan fingerprint density at radius 3 is 2.89 bits per heavy atom. The van der Waals surface area contributed by atoms with Gasteiger partial charge in [0.05, 0.1) is 5.02 Å². The fraction of sp³-hybridized carbons (Fsp3) is 0.167. The smallest absolute Gasteiger partial charge is 0.140 e. The lowest BCUT2D eigenvalue weighted by Crippen LogP contribution is -2.09. The zero-order valence-electron chi connectivity index (χ0n) is 9.64. The van der Waals surface area contributed by atoms with Crippen LogP contribution in [-0.4, -0.2) is 9.97 Å². The predicted molar refractivity (Wildman–Crippen MR) is 78.5 cm³/mol. The Bertz CT molecular complexity index is 583. The molecule has 0 atom stereocenters. The van der Waals surface area contributed by atoms with Gasteiger partial charge in [0.25, 0.3) is 0 Å². The summed E-state index contributed by atoms with van der Waals surface area (Å²) in [4.78, 5) is 4.63. The molecule has 0 spiro atoms. The molecular formula is C12H11ClN2OS2. The number of ether oxygens (including phenoxy) is 1. The largest absolute Gasteiger partial charge is 0.485 e. The van der Waals surface area contributed by atoms with E-state index in [4.69, 9.17) is 34.3 Å². The Balaban J connectivity index is 2.08. The molecule has 2 rings (SSSR count). The van der Waals surface area contributed by atoms with Crippen molar-refractivity contribution < 1.29 is 4.74 Å². The zero-order chi connectivity index (χ0) is 13.1. The average Bonchev–Trinajstić information content (AvgIpc) is 2.73. The molecule has 0 saturated heterocycles. The fourth-order valence-electron chi connectivity index (χ4n) is 1.38. The molecule has 0 fully saturated rings. The number of aryl methyl sites for hydroxylation is 1. The first-order valence-electron chi connectivity index (χ1n) is 5.19. The lowest BCUT2D eigenvalue weighted by atomic mass is 10.2. The summed E-state index contributed by atoms with van der Waals surface area (Å²) in [7, 11) is 0. The van der Waals surface area contributed by atoms with Crippen LogP contribution in [0.15, 0.2) is 23.6 Å². The van der Waals surface area contributed by atoms with Crippen LogP contribution < -0.4 is 10.5 Å². The van der Waals surface area contributed by atoms with Gasteiger partial charge in [-0.25, -0.2) is 4.98 Å². The van der Waals surface area contributed by atoms with Gasteiger partial charge in [0.2, 0.25) is 0 Å². The van der Waals surface area contributed by atoms with Crippen LogP contribution >= 0.6 is 35.2 Å². The summed E-state index contributed by atoms with van der Waals surface area (Å²) in [5.41, 5.74) is 7.25. The number of benzene rings is 1. The molecule has 94 valence electrons. The van der Waals surface area contributed by atoms with Crippen LogP contribution in [0.4, 0.5) is 0 Å². The Kier molecular flexibility index (Phi) is 4.16. The van der Waals surface area contributed by atoms with E-state index < -0.39 is 0 Å². The quantitative estimate of drug-likeness (QED) is 0.880. The highest BCUT2D eigenvalue weighted by Gasteiger charge is 2.06. The van der Waals surface area contributed by atoms with E-state index in [0.717, 1.165) is 16.3 Å². The van der Waals surface area contributed by atoms with Gasteiger partial charge in [0.15, 0.2) is 0 Å². The van der Waals surface area contributed by atoms with E-state index in [1.807, 2.05) is 12.3 Å². The molecule has 0 radical (unpaired) electrons. The van der Waals surface area contributed by atoms with Crippen LogP contribution in [0.3, 0.4) is 0 Å². The molecule has 1 aromatic heterocycles. The van der Waals surface area contributed by atoms with Gasteiger partial charge in [-0.05, 0) is 25.1 Å². The highest BCUT2D eigenvalue weighted by molar-refractivity contribution is 7.80. The van der Waals surface area contributed by atoms with E-state index in [0.29, 0.717) is 22.4 Å². The van der Waals surface area contributed by atoms with E-state index in [1.165, 1.54) is 0 Å². The van der Waals surface area contributed by atoms with Gasteiger partial charge in [-0.1, -0.05) is 23.8 Å². The lowest BCUT2D eigenvalue weighted by Gasteiger charge is -2.07. The first kappa shape index (κ1) is 13.3. The Morgan fingerprint density at radius 1 is 1.56 bits per heavy atom. The third-order valence-electron chi connectivity index (χ3n) is 2.23. The average molecular weight is 299 g/mol. The van der Waals surface area contributed by atoms with Gasteiger partial charge in [0, 0.05) is 16.6 Å². The number of rotatable bonds is 4. The summed E-state index contributed by atoms with van der Waals surface area (Å²) in [5.74, 6) is 0.601. The standard InChI is InChI=1S/C12H11ClN2OS2/c1-7-6-18-11(15-7)5-16-10-3-2-8(12(14)17)4-9(10)13/h2-4,6H,5H2,1H3,(H2,14,17). The number of thiazole rings is 1. The zero-order valence-corrected chi connectivity index (χ0v) is 12.0. The molecule has 1 aromatic carbocycles. The van der Waals surface area contributed by atoms with Gasteiger partial charge in [-0.15, -0.1) is 11.3 Å². The molecule has 0 unspecified atom stereocenters. The molecule has 2 aromatic rings. The highest BCUT2D eigenvalue weighted by Crippen LogP contribution is 2.26. The first-order chi connectivity index (χ1) is 8.56. The van der Waals surface area contributed by atoms with Crippen LogP contribution in [0.2, 0.25) is 5.02 Å². The number of hydrogen-bond acceptors (Lipinski definition) is 4. The molecule has 1 heterocycles. The maximum Gasteiger partial charge on any atom is 0.140 e. The van der Waals surface area contributed by atoms with Crippen molar-refractivity contribution in [2.75, 3.05) is 0 Å². The van der Waals surface area contributed by atoms with Crippen molar-refractivity contribution in [3.05, 3.63) is 44.9 Å². The molecule has 0 aliphatic rings. The topological polar surface area (TPSA) is 48.1 Å². The first-order valence-corrected chi connectivity index (χ1v) is 6.86. The minimum absolute atomic E-state index is 0.319. The van der Waals surface area contributed by atoms with Crippen molar-refractivity contribution in [1.29, 1.82) is 0 Å². The lowest BCUT2D eigenvalue weighted by molar-refractivity contribution is 0.305. The third kappa shape index (κ3) is 3.19. The summed E-state index contributed by atoms with van der Waals surface area (Å²) in [6.45, 7) is 2.36. The van der Waals surface area contributed by atoms with Crippen molar-refractivity contribution in [2.45, 2.75) is 13.5 Å². The monoisotopic (exact) mass is 298 g/mol. The van der Waals surface area contributed by atoms with E-state index in [2.05, 4.69) is 4.98 Å². The van der Waals surface area contributed by atoms with E-state index in [-0.39, 0.29) is 0 Å². The van der Waals surface area contributed by atoms with Gasteiger partial charge >= 0.3 is 0 Å². The van der Waals surface area contributed by atoms with Gasteiger partial charge in [-0.2, -0.15) is 0 Å².